The monoisotopic (exact) mass is 471 g/mol. The maximum absolute atomic E-state index is 13.6. The summed E-state index contributed by atoms with van der Waals surface area (Å²) in [6, 6.07) is 3.72. The van der Waals surface area contributed by atoms with Crippen molar-refractivity contribution in [2.45, 2.75) is 21.9 Å². The molecule has 162 valence electrons. The van der Waals surface area contributed by atoms with Crippen molar-refractivity contribution in [1.29, 1.82) is 0 Å². The van der Waals surface area contributed by atoms with Gasteiger partial charge in [0.05, 0.1) is 17.5 Å². The van der Waals surface area contributed by atoms with E-state index in [4.69, 9.17) is 33.7 Å². The quantitative estimate of drug-likeness (QED) is 0.321. The number of benzene rings is 1. The molecule has 1 aromatic carbocycles. The highest BCUT2D eigenvalue weighted by atomic mass is 35.5. The van der Waals surface area contributed by atoms with Crippen molar-refractivity contribution >= 4 is 50.8 Å². The Morgan fingerprint density at radius 3 is 2.24 bits per heavy atom. The van der Waals surface area contributed by atoms with Crippen LogP contribution in [0.5, 0.6) is 0 Å². The van der Waals surface area contributed by atoms with Crippen molar-refractivity contribution in [2.24, 2.45) is 5.73 Å². The molecule has 0 radical (unpaired) electrons. The van der Waals surface area contributed by atoms with Crippen LogP contribution in [0.15, 0.2) is 29.2 Å². The maximum atomic E-state index is 13.6. The Morgan fingerprint density at radius 2 is 1.79 bits per heavy atom. The van der Waals surface area contributed by atoms with Crippen LogP contribution in [0.25, 0.3) is 0 Å². The first-order valence-electron chi connectivity index (χ1n) is 8.10. The van der Waals surface area contributed by atoms with E-state index in [0.29, 0.717) is 0 Å². The molecule has 0 bridgehead atoms. The van der Waals surface area contributed by atoms with Crippen molar-refractivity contribution < 1.29 is 31.9 Å². The number of halogens is 3. The SMILES string of the molecule is CS(=O)(=O)c1ccc([C@@H](OC(=O)CNC(=O)CN)[C@@H](CF)NC(=O)C(Cl)Cl)cc1. The van der Waals surface area contributed by atoms with Gasteiger partial charge in [-0.3, -0.25) is 14.4 Å². The van der Waals surface area contributed by atoms with Crippen LogP contribution in [0.2, 0.25) is 0 Å². The summed E-state index contributed by atoms with van der Waals surface area (Å²) in [5.41, 5.74) is 5.31. The highest BCUT2D eigenvalue weighted by Gasteiger charge is 2.30. The minimum atomic E-state index is -3.49. The van der Waals surface area contributed by atoms with Crippen molar-refractivity contribution in [3.63, 3.8) is 0 Å². The molecule has 0 heterocycles. The average molecular weight is 472 g/mol. The first-order chi connectivity index (χ1) is 13.5. The van der Waals surface area contributed by atoms with Gasteiger partial charge in [0.25, 0.3) is 5.91 Å². The van der Waals surface area contributed by atoms with Crippen LogP contribution in [0.1, 0.15) is 11.7 Å². The number of carbonyl (C=O) groups excluding carboxylic acids is 3. The first kappa shape index (κ1) is 25.1. The summed E-state index contributed by atoms with van der Waals surface area (Å²) in [7, 11) is -3.49. The topological polar surface area (TPSA) is 145 Å². The van der Waals surface area contributed by atoms with E-state index in [-0.39, 0.29) is 17.0 Å². The lowest BCUT2D eigenvalue weighted by Gasteiger charge is -2.26. The second-order valence-electron chi connectivity index (χ2n) is 5.80. The van der Waals surface area contributed by atoms with Gasteiger partial charge in [-0.15, -0.1) is 0 Å². The number of nitrogens with one attached hydrogen (secondary N) is 2. The molecule has 29 heavy (non-hydrogen) atoms. The van der Waals surface area contributed by atoms with E-state index in [0.717, 1.165) is 6.26 Å². The molecule has 13 heteroatoms. The molecular weight excluding hydrogens is 452 g/mol. The van der Waals surface area contributed by atoms with Crippen LogP contribution in [-0.2, 0) is 29.0 Å². The summed E-state index contributed by atoms with van der Waals surface area (Å²) in [6.45, 7) is -2.05. The van der Waals surface area contributed by atoms with E-state index < -0.39 is 57.8 Å². The summed E-state index contributed by atoms with van der Waals surface area (Å²) in [6.07, 6.45) is -0.349. The van der Waals surface area contributed by atoms with E-state index in [9.17, 15) is 27.2 Å². The molecule has 0 saturated carbocycles. The lowest BCUT2D eigenvalue weighted by Crippen LogP contribution is -2.45. The van der Waals surface area contributed by atoms with Gasteiger partial charge in [-0.2, -0.15) is 0 Å². The lowest BCUT2D eigenvalue weighted by molar-refractivity contribution is -0.152. The molecule has 0 saturated heterocycles. The number of carbonyl (C=O) groups is 3. The highest BCUT2D eigenvalue weighted by Crippen LogP contribution is 2.24. The van der Waals surface area contributed by atoms with Crippen LogP contribution in [0.4, 0.5) is 4.39 Å². The van der Waals surface area contributed by atoms with Gasteiger partial charge >= 0.3 is 5.97 Å². The molecule has 0 aliphatic rings. The van der Waals surface area contributed by atoms with Crippen LogP contribution < -0.4 is 16.4 Å². The van der Waals surface area contributed by atoms with Gasteiger partial charge in [0.2, 0.25) is 5.91 Å². The molecule has 1 rings (SSSR count). The number of hydrogen-bond acceptors (Lipinski definition) is 7. The van der Waals surface area contributed by atoms with Gasteiger partial charge in [-0.25, -0.2) is 12.8 Å². The predicted molar refractivity (Wildman–Crippen MR) is 104 cm³/mol. The Morgan fingerprint density at radius 1 is 1.21 bits per heavy atom. The molecule has 0 fully saturated rings. The predicted octanol–water partition coefficient (Wildman–Crippen LogP) is 0.00730. The number of ether oxygens (including phenoxy) is 1. The van der Waals surface area contributed by atoms with Gasteiger partial charge in [0.15, 0.2) is 14.7 Å². The number of rotatable bonds is 10. The van der Waals surface area contributed by atoms with Gasteiger partial charge in [-0.05, 0) is 17.7 Å². The molecular formula is C16H20Cl2FN3O6S. The summed E-state index contributed by atoms with van der Waals surface area (Å²) < 4.78 is 42.0. The molecule has 2 atom stereocenters. The molecule has 0 aliphatic carbocycles. The standard InChI is InChI=1S/C16H20Cl2FN3O6S/c1-29(26,27)10-4-2-9(3-5-10)14(11(6-19)22-16(25)15(17)18)28-13(24)8-21-12(23)7-20/h2-5,11,14-15H,6-8,20H2,1H3,(H,21,23)(H,22,25)/t11-,14-/m1/s1. The van der Waals surface area contributed by atoms with E-state index in [1.54, 1.807) is 0 Å². The number of alkyl halides is 3. The molecule has 0 spiro atoms. The minimum absolute atomic E-state index is 0.0102. The zero-order valence-corrected chi connectivity index (χ0v) is 17.6. The second-order valence-corrected chi connectivity index (χ2v) is 8.91. The van der Waals surface area contributed by atoms with Crippen molar-refractivity contribution in [1.82, 2.24) is 10.6 Å². The molecule has 4 N–H and O–H groups in total. The van der Waals surface area contributed by atoms with Crippen molar-refractivity contribution in [2.75, 3.05) is 26.0 Å². The largest absolute Gasteiger partial charge is 0.454 e. The Kier molecular flexibility index (Phi) is 9.77. The summed E-state index contributed by atoms with van der Waals surface area (Å²) in [4.78, 5) is 33.5. The second kappa shape index (κ2) is 11.3. The van der Waals surface area contributed by atoms with E-state index in [2.05, 4.69) is 10.6 Å². The summed E-state index contributed by atoms with van der Waals surface area (Å²) in [5.74, 6) is -2.47. The number of nitrogens with two attached hydrogens (primary N) is 1. The third-order valence-electron chi connectivity index (χ3n) is 3.57. The van der Waals surface area contributed by atoms with Gasteiger partial charge < -0.3 is 21.1 Å². The smallest absolute Gasteiger partial charge is 0.326 e. The third-order valence-corrected chi connectivity index (χ3v) is 5.09. The summed E-state index contributed by atoms with van der Waals surface area (Å²) >= 11 is 10.9. The zero-order valence-electron chi connectivity index (χ0n) is 15.2. The Bertz CT molecular complexity index is 836. The Labute approximate surface area is 177 Å². The number of esters is 1. The average Bonchev–Trinajstić information content (AvgIpc) is 2.67. The number of sulfone groups is 1. The number of hydrogen-bond donors (Lipinski definition) is 3. The van der Waals surface area contributed by atoms with Crippen molar-refractivity contribution in [3.8, 4) is 0 Å². The number of amides is 2. The molecule has 0 unspecified atom stereocenters. The molecule has 1 aromatic rings. The van der Waals surface area contributed by atoms with Gasteiger partial charge in [0, 0.05) is 6.26 Å². The summed E-state index contributed by atoms with van der Waals surface area (Å²) in [5, 5.41) is 4.40. The van der Waals surface area contributed by atoms with Crippen molar-refractivity contribution in [3.05, 3.63) is 29.8 Å². The fourth-order valence-electron chi connectivity index (χ4n) is 2.15. The van der Waals surface area contributed by atoms with E-state index >= 15 is 0 Å². The van der Waals surface area contributed by atoms with E-state index in [1.165, 1.54) is 24.3 Å². The molecule has 9 nitrogen and oxygen atoms in total. The fourth-order valence-corrected chi connectivity index (χ4v) is 2.91. The fraction of sp³-hybridized carbons (Fsp3) is 0.438. The zero-order chi connectivity index (χ0) is 22.2. The first-order valence-corrected chi connectivity index (χ1v) is 10.9. The normalized spacial score (nSPS) is 13.4. The maximum Gasteiger partial charge on any atom is 0.326 e. The highest BCUT2D eigenvalue weighted by molar-refractivity contribution is 7.90. The van der Waals surface area contributed by atoms with Crippen LogP contribution in [0, 0.1) is 0 Å². The van der Waals surface area contributed by atoms with Gasteiger partial charge in [-0.1, -0.05) is 35.3 Å². The van der Waals surface area contributed by atoms with Crippen LogP contribution >= 0.6 is 23.2 Å². The van der Waals surface area contributed by atoms with E-state index in [1.807, 2.05) is 0 Å². The third kappa shape index (κ3) is 8.13. The Hall–Kier alpha value is -1.95. The molecule has 2 amide bonds. The Balaban J connectivity index is 3.13. The minimum Gasteiger partial charge on any atom is -0.454 e. The van der Waals surface area contributed by atoms with Crippen LogP contribution in [0.3, 0.4) is 0 Å². The van der Waals surface area contributed by atoms with Crippen LogP contribution in [-0.4, -0.2) is 63.1 Å². The molecule has 0 aliphatic heterocycles. The molecule has 0 aromatic heterocycles. The lowest BCUT2D eigenvalue weighted by atomic mass is 10.0. The van der Waals surface area contributed by atoms with Gasteiger partial charge in [0.1, 0.15) is 19.3 Å².